The second kappa shape index (κ2) is 4.89. The highest BCUT2D eigenvalue weighted by molar-refractivity contribution is 4.93. The minimum Gasteiger partial charge on any atom is -0.391 e. The van der Waals surface area contributed by atoms with Crippen LogP contribution < -0.4 is 0 Å². The van der Waals surface area contributed by atoms with Gasteiger partial charge in [-0.15, -0.1) is 0 Å². The molecule has 2 aliphatic carbocycles. The molecule has 3 aliphatic rings. The smallest absolute Gasteiger partial charge is 0.0695 e. The molecule has 1 N–H and O–H groups in total. The average molecular weight is 237 g/mol. The van der Waals surface area contributed by atoms with E-state index >= 15 is 0 Å². The predicted molar refractivity (Wildman–Crippen MR) is 70.0 cm³/mol. The van der Waals surface area contributed by atoms with Crippen molar-refractivity contribution in [1.29, 1.82) is 0 Å². The maximum absolute atomic E-state index is 10.1. The number of hydrogen-bond acceptors (Lipinski definition) is 2. The van der Waals surface area contributed by atoms with Crippen molar-refractivity contribution in [3.8, 4) is 0 Å². The minimum absolute atomic E-state index is 0.0404. The van der Waals surface area contributed by atoms with Crippen LogP contribution >= 0.6 is 0 Å². The molecule has 2 atom stereocenters. The van der Waals surface area contributed by atoms with Crippen molar-refractivity contribution in [3.63, 3.8) is 0 Å². The Hall–Kier alpha value is -0.0800. The Morgan fingerprint density at radius 1 is 0.824 bits per heavy atom. The summed E-state index contributed by atoms with van der Waals surface area (Å²) in [7, 11) is 0. The molecule has 1 saturated heterocycles. The highest BCUT2D eigenvalue weighted by atomic mass is 16.3. The molecule has 2 heteroatoms. The second-order valence-electron chi connectivity index (χ2n) is 6.66. The van der Waals surface area contributed by atoms with Crippen molar-refractivity contribution in [1.82, 2.24) is 4.90 Å². The SMILES string of the molecule is O[C@@H]1CCCC[C@H]1N1CCC2(CCCC2)CC1. The molecule has 1 aliphatic heterocycles. The molecule has 0 aromatic heterocycles. The van der Waals surface area contributed by atoms with Gasteiger partial charge in [-0.05, 0) is 57.0 Å². The van der Waals surface area contributed by atoms with E-state index < -0.39 is 0 Å². The Morgan fingerprint density at radius 3 is 2.12 bits per heavy atom. The third-order valence-electron chi connectivity index (χ3n) is 5.69. The topological polar surface area (TPSA) is 23.5 Å². The largest absolute Gasteiger partial charge is 0.391 e. The van der Waals surface area contributed by atoms with Crippen molar-refractivity contribution in [2.24, 2.45) is 5.41 Å². The predicted octanol–water partition coefficient (Wildman–Crippen LogP) is 2.95. The summed E-state index contributed by atoms with van der Waals surface area (Å²) in [6.45, 7) is 2.50. The summed E-state index contributed by atoms with van der Waals surface area (Å²) in [5.74, 6) is 0. The van der Waals surface area contributed by atoms with Crippen LogP contribution in [-0.4, -0.2) is 35.2 Å². The molecule has 3 fully saturated rings. The van der Waals surface area contributed by atoms with Gasteiger partial charge in [0.15, 0.2) is 0 Å². The summed E-state index contributed by atoms with van der Waals surface area (Å²) in [6, 6.07) is 0.488. The molecule has 0 aromatic rings. The molecule has 0 bridgehead atoms. The van der Waals surface area contributed by atoms with Crippen molar-refractivity contribution in [2.45, 2.75) is 76.4 Å². The van der Waals surface area contributed by atoms with Crippen LogP contribution in [0.4, 0.5) is 0 Å². The number of piperidine rings is 1. The zero-order valence-electron chi connectivity index (χ0n) is 11.0. The van der Waals surface area contributed by atoms with Crippen LogP contribution in [-0.2, 0) is 0 Å². The van der Waals surface area contributed by atoms with E-state index in [4.69, 9.17) is 0 Å². The quantitative estimate of drug-likeness (QED) is 0.758. The minimum atomic E-state index is -0.0404. The summed E-state index contributed by atoms with van der Waals surface area (Å²) in [5.41, 5.74) is 0.718. The van der Waals surface area contributed by atoms with Crippen LogP contribution in [0, 0.1) is 5.41 Å². The van der Waals surface area contributed by atoms with E-state index in [9.17, 15) is 5.11 Å². The van der Waals surface area contributed by atoms with Crippen molar-refractivity contribution >= 4 is 0 Å². The van der Waals surface area contributed by atoms with Gasteiger partial charge in [0.25, 0.3) is 0 Å². The summed E-state index contributed by atoms with van der Waals surface area (Å²) in [4.78, 5) is 2.60. The van der Waals surface area contributed by atoms with Crippen LogP contribution in [0.1, 0.15) is 64.2 Å². The van der Waals surface area contributed by atoms with E-state index in [1.165, 1.54) is 70.9 Å². The van der Waals surface area contributed by atoms with E-state index in [1.807, 2.05) is 0 Å². The standard InChI is InChI=1S/C15H27NO/c17-14-6-2-1-5-13(14)16-11-9-15(10-12-16)7-3-4-8-15/h13-14,17H,1-12H2/t13-,14-/m1/s1. The number of rotatable bonds is 1. The maximum Gasteiger partial charge on any atom is 0.0695 e. The lowest BCUT2D eigenvalue weighted by Crippen LogP contribution is -2.50. The van der Waals surface area contributed by atoms with E-state index in [0.29, 0.717) is 6.04 Å². The summed E-state index contributed by atoms with van der Waals surface area (Å²) < 4.78 is 0. The van der Waals surface area contributed by atoms with Gasteiger partial charge in [0.05, 0.1) is 6.10 Å². The van der Waals surface area contributed by atoms with Crippen molar-refractivity contribution in [3.05, 3.63) is 0 Å². The number of hydrogen-bond donors (Lipinski definition) is 1. The van der Waals surface area contributed by atoms with Crippen molar-refractivity contribution < 1.29 is 5.11 Å². The van der Waals surface area contributed by atoms with Gasteiger partial charge in [0.1, 0.15) is 0 Å². The van der Waals surface area contributed by atoms with Gasteiger partial charge in [0, 0.05) is 6.04 Å². The number of nitrogens with zero attached hydrogens (tertiary/aromatic N) is 1. The van der Waals surface area contributed by atoms with Gasteiger partial charge >= 0.3 is 0 Å². The first-order chi connectivity index (χ1) is 8.29. The molecule has 0 radical (unpaired) electrons. The monoisotopic (exact) mass is 237 g/mol. The molecule has 2 nitrogen and oxygen atoms in total. The highest BCUT2D eigenvalue weighted by Crippen LogP contribution is 2.46. The van der Waals surface area contributed by atoms with Crippen LogP contribution in [0.25, 0.3) is 0 Å². The van der Waals surface area contributed by atoms with Crippen molar-refractivity contribution in [2.75, 3.05) is 13.1 Å². The fourth-order valence-corrected chi connectivity index (χ4v) is 4.47. The molecular weight excluding hydrogens is 210 g/mol. The third kappa shape index (κ3) is 2.39. The van der Waals surface area contributed by atoms with Crippen LogP contribution in [0.15, 0.2) is 0 Å². The third-order valence-corrected chi connectivity index (χ3v) is 5.69. The number of aliphatic hydroxyl groups is 1. The Bertz CT molecular complexity index is 250. The zero-order valence-corrected chi connectivity index (χ0v) is 11.0. The molecule has 17 heavy (non-hydrogen) atoms. The summed E-state index contributed by atoms with van der Waals surface area (Å²) >= 11 is 0. The molecule has 2 saturated carbocycles. The first-order valence-electron chi connectivity index (χ1n) is 7.71. The van der Waals surface area contributed by atoms with Crippen LogP contribution in [0.3, 0.4) is 0 Å². The fraction of sp³-hybridized carbons (Fsp3) is 1.00. The Balaban J connectivity index is 1.57. The van der Waals surface area contributed by atoms with E-state index in [2.05, 4.69) is 4.90 Å². The van der Waals surface area contributed by atoms with Gasteiger partial charge in [0.2, 0.25) is 0 Å². The van der Waals surface area contributed by atoms with Gasteiger partial charge < -0.3 is 5.11 Å². The number of likely N-dealkylation sites (tertiary alicyclic amines) is 1. The molecule has 0 aromatic carbocycles. The lowest BCUT2D eigenvalue weighted by Gasteiger charge is -2.45. The average Bonchev–Trinajstić information content (AvgIpc) is 2.80. The van der Waals surface area contributed by atoms with E-state index in [1.54, 1.807) is 0 Å². The Kier molecular flexibility index (Phi) is 3.45. The van der Waals surface area contributed by atoms with E-state index in [-0.39, 0.29) is 6.10 Å². The van der Waals surface area contributed by atoms with Gasteiger partial charge in [-0.3, -0.25) is 4.90 Å². The second-order valence-corrected chi connectivity index (χ2v) is 6.66. The normalized spacial score (nSPS) is 38.6. The lowest BCUT2D eigenvalue weighted by molar-refractivity contribution is -0.0111. The molecule has 3 rings (SSSR count). The molecule has 1 spiro atoms. The molecule has 1 heterocycles. The zero-order chi connectivity index (χ0) is 11.7. The van der Waals surface area contributed by atoms with Crippen LogP contribution in [0.2, 0.25) is 0 Å². The molecule has 0 unspecified atom stereocenters. The van der Waals surface area contributed by atoms with Gasteiger partial charge in [-0.2, -0.15) is 0 Å². The van der Waals surface area contributed by atoms with E-state index in [0.717, 1.165) is 11.8 Å². The van der Waals surface area contributed by atoms with Gasteiger partial charge in [-0.1, -0.05) is 25.7 Å². The first-order valence-corrected chi connectivity index (χ1v) is 7.71. The molecular formula is C15H27NO. The maximum atomic E-state index is 10.1. The first kappa shape index (κ1) is 12.0. The molecule has 98 valence electrons. The summed E-state index contributed by atoms with van der Waals surface area (Å²) in [5, 5.41) is 10.1. The lowest BCUT2D eigenvalue weighted by atomic mass is 9.76. The Morgan fingerprint density at radius 2 is 1.47 bits per heavy atom. The summed E-state index contributed by atoms with van der Waals surface area (Å²) in [6.07, 6.45) is 13.5. The van der Waals surface area contributed by atoms with Gasteiger partial charge in [-0.25, -0.2) is 0 Å². The fourth-order valence-electron chi connectivity index (χ4n) is 4.47. The number of aliphatic hydroxyl groups excluding tert-OH is 1. The molecule has 0 amide bonds. The highest BCUT2D eigenvalue weighted by Gasteiger charge is 2.39. The Labute approximate surface area is 105 Å². The van der Waals surface area contributed by atoms with Crippen LogP contribution in [0.5, 0.6) is 0 Å².